The van der Waals surface area contributed by atoms with Crippen LogP contribution in [-0.2, 0) is 20.0 Å². The van der Waals surface area contributed by atoms with Gasteiger partial charge in [-0.25, -0.2) is 16.8 Å². The number of benzene rings is 2. The minimum absolute atomic E-state index is 0. The summed E-state index contributed by atoms with van der Waals surface area (Å²) in [4.78, 5) is 0. The molecule has 0 bridgehead atoms. The van der Waals surface area contributed by atoms with Crippen LogP contribution in [0.25, 0.3) is 11.1 Å². The van der Waals surface area contributed by atoms with Gasteiger partial charge in [-0.2, -0.15) is 6.07 Å². The van der Waals surface area contributed by atoms with Crippen LogP contribution in [0, 0.1) is 6.07 Å². The molecule has 2 aromatic carbocycles. The summed E-state index contributed by atoms with van der Waals surface area (Å²) in [7, 11) is -6.84. The van der Waals surface area contributed by atoms with Crippen LogP contribution in [-0.4, -0.2) is 29.3 Å². The second-order valence-corrected chi connectivity index (χ2v) is 9.32. The van der Waals surface area contributed by atoms with E-state index in [0.717, 1.165) is 12.5 Å². The molecule has 0 spiro atoms. The zero-order chi connectivity index (χ0) is 18.1. The van der Waals surface area contributed by atoms with Crippen molar-refractivity contribution >= 4 is 54.6 Å². The fourth-order valence-corrected chi connectivity index (χ4v) is 3.57. The zero-order valence-electron chi connectivity index (χ0n) is 13.6. The van der Waals surface area contributed by atoms with Crippen LogP contribution in [0.15, 0.2) is 30.3 Å². The molecule has 0 aliphatic carbocycles. The van der Waals surface area contributed by atoms with Crippen molar-refractivity contribution in [3.63, 3.8) is 0 Å². The quantitative estimate of drug-likeness (QED) is 0.540. The smallest absolute Gasteiger partial charge is 0.308 e. The van der Waals surface area contributed by atoms with E-state index in [9.17, 15) is 16.8 Å². The van der Waals surface area contributed by atoms with Gasteiger partial charge in [0.1, 0.15) is 0 Å². The first kappa shape index (κ1) is 22.2. The van der Waals surface area contributed by atoms with Crippen LogP contribution in [0.4, 0.5) is 11.4 Å². The molecule has 0 aliphatic rings. The summed E-state index contributed by atoms with van der Waals surface area (Å²) >= 11 is 12.3. The van der Waals surface area contributed by atoms with Gasteiger partial charge in [-0.3, -0.25) is 4.72 Å². The average molecular weight is 415 g/mol. The third-order valence-corrected chi connectivity index (χ3v) is 4.56. The van der Waals surface area contributed by atoms with Gasteiger partial charge in [0.05, 0.1) is 12.5 Å². The van der Waals surface area contributed by atoms with Crippen molar-refractivity contribution in [2.75, 3.05) is 22.0 Å². The van der Waals surface area contributed by atoms with E-state index in [2.05, 4.69) is 15.5 Å². The van der Waals surface area contributed by atoms with Gasteiger partial charge >= 0.3 is 18.9 Å². The Morgan fingerprint density at radius 2 is 1.44 bits per heavy atom. The summed E-state index contributed by atoms with van der Waals surface area (Å²) in [6.45, 7) is 0. The molecule has 0 amide bonds. The van der Waals surface area contributed by atoms with Crippen molar-refractivity contribution in [1.29, 1.82) is 0 Å². The summed E-state index contributed by atoms with van der Waals surface area (Å²) in [6.07, 6.45) is 2.06. The van der Waals surface area contributed by atoms with E-state index in [4.69, 9.17) is 23.2 Å². The van der Waals surface area contributed by atoms with Crippen LogP contribution >= 0.6 is 23.2 Å². The fraction of sp³-hybridized carbons (Fsp3) is 0.143. The van der Waals surface area contributed by atoms with E-state index in [1.807, 2.05) is 0 Å². The summed E-state index contributed by atoms with van der Waals surface area (Å²) < 4.78 is 49.5. The summed E-state index contributed by atoms with van der Waals surface area (Å²) in [6, 6.07) is 10.4. The van der Waals surface area contributed by atoms with Gasteiger partial charge in [0.2, 0.25) is 20.0 Å². The van der Waals surface area contributed by atoms with Crippen LogP contribution in [0.5, 0.6) is 0 Å². The van der Waals surface area contributed by atoms with E-state index in [-0.39, 0.29) is 34.6 Å². The van der Waals surface area contributed by atoms with Gasteiger partial charge in [-0.1, -0.05) is 33.9 Å². The van der Waals surface area contributed by atoms with Crippen LogP contribution < -0.4 is 28.3 Å². The number of halogens is 2. The first-order valence-electron chi connectivity index (χ1n) is 6.42. The average Bonchev–Trinajstić information content (AvgIpc) is 2.36. The van der Waals surface area contributed by atoms with Crippen molar-refractivity contribution in [2.24, 2.45) is 0 Å². The third kappa shape index (κ3) is 6.74. The molecular formula is C14H13Cl2LiN2O4S2. The van der Waals surface area contributed by atoms with Crippen LogP contribution in [0.1, 0.15) is 0 Å². The molecule has 2 aromatic rings. The number of hydrogen-bond acceptors (Lipinski definition) is 4. The Labute approximate surface area is 169 Å². The number of sulfonamides is 2. The van der Waals surface area contributed by atoms with E-state index in [1.165, 1.54) is 12.1 Å². The van der Waals surface area contributed by atoms with E-state index in [0.29, 0.717) is 16.8 Å². The normalized spacial score (nSPS) is 11.5. The molecule has 0 heterocycles. The van der Waals surface area contributed by atoms with Gasteiger partial charge in [0.25, 0.3) is 0 Å². The summed E-state index contributed by atoms with van der Waals surface area (Å²) in [5.41, 5.74) is 1.62. The predicted molar refractivity (Wildman–Crippen MR) is 97.7 cm³/mol. The van der Waals surface area contributed by atoms with E-state index < -0.39 is 20.0 Å². The van der Waals surface area contributed by atoms with Gasteiger partial charge in [-0.05, 0) is 12.1 Å². The van der Waals surface area contributed by atoms with Gasteiger partial charge in [0.15, 0.2) is 0 Å². The standard InChI is InChI=1S/C14H13Cl2N2O4S2.Li/c1-23(19,20)17-9-3-5-11(13(15)7-9)12-6-4-10(8-14(12)16)18-24(2,21)22;/h3-7,17-18H,1-2H3;/q-1;+1. The Bertz CT molecular complexity index is 914. The maximum Gasteiger partial charge on any atom is 1.00 e. The Morgan fingerprint density at radius 3 is 1.92 bits per heavy atom. The first-order chi connectivity index (χ1) is 10.9. The van der Waals surface area contributed by atoms with Crippen LogP contribution in [0.3, 0.4) is 0 Å². The van der Waals surface area contributed by atoms with Crippen molar-refractivity contribution in [3.05, 3.63) is 46.4 Å². The molecule has 0 radical (unpaired) electrons. The van der Waals surface area contributed by atoms with Crippen LogP contribution in [0.2, 0.25) is 10.0 Å². The minimum atomic E-state index is -3.43. The maximum atomic E-state index is 11.2. The molecule has 6 nitrogen and oxygen atoms in total. The number of rotatable bonds is 5. The second kappa shape index (κ2) is 8.21. The number of nitrogens with one attached hydrogen (secondary N) is 2. The molecule has 0 aliphatic heterocycles. The largest absolute Gasteiger partial charge is 1.00 e. The Morgan fingerprint density at radius 1 is 0.880 bits per heavy atom. The second-order valence-electron chi connectivity index (χ2n) is 5.04. The first-order valence-corrected chi connectivity index (χ1v) is 11.0. The van der Waals surface area contributed by atoms with Crippen molar-refractivity contribution < 1.29 is 35.7 Å². The molecule has 130 valence electrons. The van der Waals surface area contributed by atoms with E-state index >= 15 is 0 Å². The van der Waals surface area contributed by atoms with Gasteiger partial charge in [-0.15, -0.1) is 29.3 Å². The van der Waals surface area contributed by atoms with Crippen molar-refractivity contribution in [1.82, 2.24) is 0 Å². The number of anilines is 2. The molecule has 0 saturated heterocycles. The molecule has 0 unspecified atom stereocenters. The molecular weight excluding hydrogens is 402 g/mol. The Balaban J connectivity index is 0.00000312. The summed E-state index contributed by atoms with van der Waals surface area (Å²) in [5, 5.41) is 0.456. The minimum Gasteiger partial charge on any atom is -0.308 e. The third-order valence-electron chi connectivity index (χ3n) is 2.76. The molecule has 2 rings (SSSR count). The van der Waals surface area contributed by atoms with Crippen molar-refractivity contribution in [3.8, 4) is 11.1 Å². The monoisotopic (exact) mass is 414 g/mol. The topological polar surface area (TPSA) is 92.3 Å². The van der Waals surface area contributed by atoms with E-state index in [1.54, 1.807) is 18.2 Å². The fourth-order valence-electron chi connectivity index (χ4n) is 1.95. The van der Waals surface area contributed by atoms with Gasteiger partial charge in [0, 0.05) is 10.7 Å². The Hall–Kier alpha value is -0.883. The molecule has 0 fully saturated rings. The number of hydrogen-bond donors (Lipinski definition) is 2. The zero-order valence-corrected chi connectivity index (χ0v) is 16.7. The molecule has 2 N–H and O–H groups in total. The molecule has 0 aromatic heterocycles. The SMILES string of the molecule is CS(=O)(=O)Nc1[c-]c(Cl)c(-c2ccc(NS(C)(=O)=O)cc2Cl)cc1.[Li+]. The maximum absolute atomic E-state index is 11.2. The Kier molecular flexibility index (Phi) is 7.28. The van der Waals surface area contributed by atoms with Gasteiger partial charge < -0.3 is 4.72 Å². The molecule has 0 saturated carbocycles. The summed E-state index contributed by atoms with van der Waals surface area (Å²) in [5.74, 6) is 0. The molecule has 11 heteroatoms. The predicted octanol–water partition coefficient (Wildman–Crippen LogP) is 0.208. The van der Waals surface area contributed by atoms with Crippen molar-refractivity contribution in [2.45, 2.75) is 0 Å². The molecule has 0 atom stereocenters. The molecule has 25 heavy (non-hydrogen) atoms.